The molecule has 0 aromatic heterocycles. The predicted molar refractivity (Wildman–Crippen MR) is 103 cm³/mol. The maximum atomic E-state index is 11.5. The second kappa shape index (κ2) is 8.27. The topological polar surface area (TPSA) is 67.6 Å². The summed E-state index contributed by atoms with van der Waals surface area (Å²) >= 11 is 2.01. The molecule has 1 saturated heterocycles. The van der Waals surface area contributed by atoms with Gasteiger partial charge in [0.1, 0.15) is 5.75 Å². The van der Waals surface area contributed by atoms with E-state index in [0.717, 1.165) is 31.0 Å². The van der Waals surface area contributed by atoms with Crippen molar-refractivity contribution in [3.8, 4) is 5.75 Å². The minimum atomic E-state index is -0.260. The molecule has 3 N–H and O–H groups in total. The summed E-state index contributed by atoms with van der Waals surface area (Å²) in [5.41, 5.74) is 5.22. The molecule has 0 saturated carbocycles. The molecule has 1 heterocycles. The smallest absolute Gasteiger partial charge is 0.265 e. The Bertz CT molecular complexity index is 704. The van der Waals surface area contributed by atoms with Gasteiger partial charge in [0.2, 0.25) is 0 Å². The third-order valence-corrected chi connectivity index (χ3v) is 5.59. The summed E-state index contributed by atoms with van der Waals surface area (Å²) < 4.78 is 5.23. The number of nitrogen functional groups attached to an aromatic ring is 1. The molecule has 2 aromatic rings. The van der Waals surface area contributed by atoms with Crippen molar-refractivity contribution >= 4 is 23.4 Å². The van der Waals surface area contributed by atoms with Crippen molar-refractivity contribution in [1.29, 1.82) is 0 Å². The highest BCUT2D eigenvalue weighted by molar-refractivity contribution is 8.00. The van der Waals surface area contributed by atoms with Crippen LogP contribution in [0.3, 0.4) is 0 Å². The van der Waals surface area contributed by atoms with E-state index < -0.39 is 0 Å². The number of nitrogens with one attached hydrogen (secondary N) is 1. The number of amides is 1. The van der Waals surface area contributed by atoms with E-state index in [2.05, 4.69) is 22.5 Å². The second-order valence-corrected chi connectivity index (χ2v) is 7.42. The lowest BCUT2D eigenvalue weighted by molar-refractivity contribution is 0.0953. The molecule has 0 spiro atoms. The van der Waals surface area contributed by atoms with E-state index in [1.165, 1.54) is 11.3 Å². The average Bonchev–Trinajstić information content (AvgIpc) is 2.68. The fourth-order valence-corrected chi connectivity index (χ4v) is 4.26. The summed E-state index contributed by atoms with van der Waals surface area (Å²) in [4.78, 5) is 13.9. The standard InChI is InChI=1S/C19H23N3O2S/c1-24-17-8-6-16(7-9-17)22-10-11-25-18(13-22)12-14-2-4-15(5-3-14)19(23)21-20/h2-9,18H,10-13,20H2,1H3,(H,21,23). The van der Waals surface area contributed by atoms with Crippen LogP contribution in [0.15, 0.2) is 48.5 Å². The Kier molecular flexibility index (Phi) is 5.83. The van der Waals surface area contributed by atoms with E-state index in [4.69, 9.17) is 10.6 Å². The number of carbonyl (C=O) groups excluding carboxylic acids is 1. The summed E-state index contributed by atoms with van der Waals surface area (Å²) in [5, 5.41) is 0.532. The number of nitrogens with zero attached hydrogens (tertiary/aromatic N) is 1. The van der Waals surface area contributed by atoms with Gasteiger partial charge in [-0.3, -0.25) is 10.2 Å². The Morgan fingerprint density at radius 2 is 1.96 bits per heavy atom. The number of hydrogen-bond donors (Lipinski definition) is 2. The van der Waals surface area contributed by atoms with Gasteiger partial charge in [0.25, 0.3) is 5.91 Å². The minimum absolute atomic E-state index is 0.260. The zero-order chi connectivity index (χ0) is 17.6. The van der Waals surface area contributed by atoms with Crippen molar-refractivity contribution in [2.24, 2.45) is 5.84 Å². The van der Waals surface area contributed by atoms with Crippen LogP contribution < -0.4 is 20.9 Å². The third kappa shape index (κ3) is 4.46. The molecular weight excluding hydrogens is 334 g/mol. The lowest BCUT2D eigenvalue weighted by Crippen LogP contribution is -2.38. The fourth-order valence-electron chi connectivity index (χ4n) is 3.01. The molecule has 1 atom stereocenters. The molecule has 0 bridgehead atoms. The van der Waals surface area contributed by atoms with Crippen LogP contribution in [-0.2, 0) is 6.42 Å². The van der Waals surface area contributed by atoms with Gasteiger partial charge >= 0.3 is 0 Å². The maximum Gasteiger partial charge on any atom is 0.265 e. The molecule has 0 radical (unpaired) electrons. The molecule has 2 aromatic carbocycles. The molecule has 25 heavy (non-hydrogen) atoms. The van der Waals surface area contributed by atoms with Crippen LogP contribution in [0.25, 0.3) is 0 Å². The van der Waals surface area contributed by atoms with E-state index in [9.17, 15) is 4.79 Å². The van der Waals surface area contributed by atoms with Crippen LogP contribution in [-0.4, -0.2) is 37.1 Å². The van der Waals surface area contributed by atoms with Crippen LogP contribution in [0.5, 0.6) is 5.75 Å². The van der Waals surface area contributed by atoms with Crippen LogP contribution in [0, 0.1) is 0 Å². The number of anilines is 1. The average molecular weight is 357 g/mol. The quantitative estimate of drug-likeness (QED) is 0.489. The molecule has 132 valence electrons. The van der Waals surface area contributed by atoms with Crippen molar-refractivity contribution in [2.45, 2.75) is 11.7 Å². The van der Waals surface area contributed by atoms with Crippen LogP contribution >= 0.6 is 11.8 Å². The zero-order valence-corrected chi connectivity index (χ0v) is 15.1. The normalized spacial score (nSPS) is 17.2. The van der Waals surface area contributed by atoms with Gasteiger partial charge in [0.15, 0.2) is 0 Å². The summed E-state index contributed by atoms with van der Waals surface area (Å²) in [6.07, 6.45) is 0.988. The first-order valence-electron chi connectivity index (χ1n) is 8.30. The van der Waals surface area contributed by atoms with Crippen LogP contribution in [0.2, 0.25) is 0 Å². The number of ether oxygens (including phenoxy) is 1. The molecule has 6 heteroatoms. The molecular formula is C19H23N3O2S. The molecule has 1 amide bonds. The van der Waals surface area contributed by atoms with E-state index in [1.807, 2.05) is 48.2 Å². The number of nitrogens with two attached hydrogens (primary N) is 1. The van der Waals surface area contributed by atoms with Gasteiger partial charge < -0.3 is 9.64 Å². The molecule has 1 aliphatic heterocycles. The molecule has 5 nitrogen and oxygen atoms in total. The Balaban J connectivity index is 1.62. The van der Waals surface area contributed by atoms with E-state index in [1.54, 1.807) is 7.11 Å². The first-order chi connectivity index (χ1) is 12.2. The third-order valence-electron chi connectivity index (χ3n) is 4.39. The second-order valence-electron chi connectivity index (χ2n) is 6.01. The Morgan fingerprint density at radius 1 is 1.24 bits per heavy atom. The molecule has 1 unspecified atom stereocenters. The number of rotatable bonds is 5. The van der Waals surface area contributed by atoms with Crippen molar-refractivity contribution in [3.05, 3.63) is 59.7 Å². The van der Waals surface area contributed by atoms with Gasteiger partial charge in [-0.15, -0.1) is 0 Å². The van der Waals surface area contributed by atoms with E-state index in [-0.39, 0.29) is 5.91 Å². The van der Waals surface area contributed by atoms with Gasteiger partial charge in [-0.2, -0.15) is 11.8 Å². The first-order valence-corrected chi connectivity index (χ1v) is 9.35. The van der Waals surface area contributed by atoms with Gasteiger partial charge in [0, 0.05) is 35.3 Å². The predicted octanol–water partition coefficient (Wildman–Crippen LogP) is 2.46. The zero-order valence-electron chi connectivity index (χ0n) is 14.3. The molecule has 1 fully saturated rings. The highest BCUT2D eigenvalue weighted by atomic mass is 32.2. The minimum Gasteiger partial charge on any atom is -0.497 e. The summed E-state index contributed by atoms with van der Waals surface area (Å²) in [7, 11) is 1.69. The largest absolute Gasteiger partial charge is 0.497 e. The summed E-state index contributed by atoms with van der Waals surface area (Å²) in [6, 6.07) is 15.9. The highest BCUT2D eigenvalue weighted by Gasteiger charge is 2.21. The van der Waals surface area contributed by atoms with Gasteiger partial charge in [-0.1, -0.05) is 12.1 Å². The summed E-state index contributed by atoms with van der Waals surface area (Å²) in [5.74, 6) is 6.90. The van der Waals surface area contributed by atoms with E-state index >= 15 is 0 Å². The van der Waals surface area contributed by atoms with Crippen molar-refractivity contribution in [1.82, 2.24) is 5.43 Å². The number of carbonyl (C=O) groups is 1. The van der Waals surface area contributed by atoms with E-state index in [0.29, 0.717) is 10.8 Å². The maximum absolute atomic E-state index is 11.5. The number of benzene rings is 2. The number of hydrazine groups is 1. The number of thioether (sulfide) groups is 1. The SMILES string of the molecule is COc1ccc(N2CCSC(Cc3ccc(C(=O)NN)cc3)C2)cc1. The van der Waals surface area contributed by atoms with Gasteiger partial charge in [-0.25, -0.2) is 5.84 Å². The Labute approximate surface area is 152 Å². The van der Waals surface area contributed by atoms with Gasteiger partial charge in [0.05, 0.1) is 7.11 Å². The van der Waals surface area contributed by atoms with Crippen molar-refractivity contribution in [3.63, 3.8) is 0 Å². The van der Waals surface area contributed by atoms with Gasteiger partial charge in [-0.05, 0) is 48.4 Å². The lowest BCUT2D eigenvalue weighted by Gasteiger charge is -2.34. The van der Waals surface area contributed by atoms with Crippen LogP contribution in [0.4, 0.5) is 5.69 Å². The Hall–Kier alpha value is -2.18. The Morgan fingerprint density at radius 3 is 2.60 bits per heavy atom. The molecule has 0 aliphatic carbocycles. The van der Waals surface area contributed by atoms with Crippen LogP contribution in [0.1, 0.15) is 15.9 Å². The first kappa shape index (κ1) is 17.6. The molecule has 3 rings (SSSR count). The lowest BCUT2D eigenvalue weighted by atomic mass is 10.1. The monoisotopic (exact) mass is 357 g/mol. The summed E-state index contributed by atoms with van der Waals surface area (Å²) in [6.45, 7) is 2.07. The van der Waals surface area contributed by atoms with Crippen molar-refractivity contribution in [2.75, 3.05) is 30.9 Å². The fraction of sp³-hybridized carbons (Fsp3) is 0.316. The number of methoxy groups -OCH3 is 1. The number of hydrogen-bond acceptors (Lipinski definition) is 5. The molecule has 1 aliphatic rings. The van der Waals surface area contributed by atoms with Crippen molar-refractivity contribution < 1.29 is 9.53 Å². The highest BCUT2D eigenvalue weighted by Crippen LogP contribution is 2.27.